The molecule has 0 bridgehead atoms. The second kappa shape index (κ2) is 7.02. The van der Waals surface area contributed by atoms with Crippen LogP contribution in [0.15, 0.2) is 0 Å². The quantitative estimate of drug-likeness (QED) is 0.451. The predicted molar refractivity (Wildman–Crippen MR) is 80.8 cm³/mol. The van der Waals surface area contributed by atoms with Crippen LogP contribution in [0.3, 0.4) is 0 Å². The van der Waals surface area contributed by atoms with Gasteiger partial charge in [-0.3, -0.25) is 0 Å². The zero-order valence-electron chi connectivity index (χ0n) is 13.1. The molecule has 0 aliphatic rings. The highest BCUT2D eigenvalue weighted by atomic mass is 35.5. The highest BCUT2D eigenvalue weighted by molar-refractivity contribution is 6.20. The average molecular weight is 261 g/mol. The van der Waals surface area contributed by atoms with Crippen molar-refractivity contribution in [2.45, 2.75) is 85.9 Å². The fourth-order valence-corrected chi connectivity index (χ4v) is 2.28. The van der Waals surface area contributed by atoms with Gasteiger partial charge in [0.2, 0.25) is 0 Å². The maximum atomic E-state index is 6.05. The molecule has 104 valence electrons. The molecule has 0 aromatic rings. The summed E-state index contributed by atoms with van der Waals surface area (Å²) in [6, 6.07) is 0. The minimum Gasteiger partial charge on any atom is -0.123 e. The van der Waals surface area contributed by atoms with Gasteiger partial charge < -0.3 is 0 Å². The normalized spacial score (nSPS) is 16.9. The van der Waals surface area contributed by atoms with Gasteiger partial charge in [0.25, 0.3) is 0 Å². The molecular weight excluding hydrogens is 228 g/mol. The molecule has 0 aliphatic heterocycles. The van der Waals surface area contributed by atoms with Crippen LogP contribution in [0.25, 0.3) is 0 Å². The van der Waals surface area contributed by atoms with Gasteiger partial charge in [0, 0.05) is 5.38 Å². The Morgan fingerprint density at radius 3 is 1.88 bits per heavy atom. The lowest BCUT2D eigenvalue weighted by molar-refractivity contribution is 0.161. The van der Waals surface area contributed by atoms with Crippen molar-refractivity contribution in [2.75, 3.05) is 0 Å². The first-order valence-electron chi connectivity index (χ1n) is 7.25. The Morgan fingerprint density at radius 1 is 0.941 bits per heavy atom. The zero-order valence-corrected chi connectivity index (χ0v) is 13.8. The van der Waals surface area contributed by atoms with E-state index in [4.69, 9.17) is 11.6 Å². The third-order valence-corrected chi connectivity index (χ3v) is 4.83. The van der Waals surface area contributed by atoms with Crippen LogP contribution < -0.4 is 0 Å². The Labute approximate surface area is 115 Å². The molecule has 0 fully saturated rings. The van der Waals surface area contributed by atoms with Crippen molar-refractivity contribution in [1.29, 1.82) is 0 Å². The Hall–Kier alpha value is 0.290. The van der Waals surface area contributed by atoms with E-state index >= 15 is 0 Å². The van der Waals surface area contributed by atoms with Gasteiger partial charge in [-0.1, -0.05) is 48.0 Å². The number of hydrogen-bond acceptors (Lipinski definition) is 0. The Balaban J connectivity index is 4.16. The molecule has 17 heavy (non-hydrogen) atoms. The van der Waals surface area contributed by atoms with Crippen molar-refractivity contribution in [3.05, 3.63) is 0 Å². The largest absolute Gasteiger partial charge is 0.123 e. The van der Waals surface area contributed by atoms with Crippen LogP contribution in [0.4, 0.5) is 0 Å². The molecule has 1 heteroatoms. The summed E-state index contributed by atoms with van der Waals surface area (Å²) in [7, 11) is 0. The van der Waals surface area contributed by atoms with E-state index in [2.05, 4.69) is 48.5 Å². The van der Waals surface area contributed by atoms with E-state index < -0.39 is 0 Å². The summed E-state index contributed by atoms with van der Waals surface area (Å²) < 4.78 is 0. The van der Waals surface area contributed by atoms with Gasteiger partial charge in [-0.15, -0.1) is 11.6 Å². The van der Waals surface area contributed by atoms with Crippen LogP contribution >= 0.6 is 11.6 Å². The van der Waals surface area contributed by atoms with Crippen molar-refractivity contribution < 1.29 is 0 Å². The molecule has 0 heterocycles. The van der Waals surface area contributed by atoms with Gasteiger partial charge in [-0.25, -0.2) is 0 Å². The van der Waals surface area contributed by atoms with Crippen LogP contribution in [-0.2, 0) is 0 Å². The van der Waals surface area contributed by atoms with Gasteiger partial charge >= 0.3 is 0 Å². The van der Waals surface area contributed by atoms with Crippen molar-refractivity contribution in [3.63, 3.8) is 0 Å². The summed E-state index contributed by atoms with van der Waals surface area (Å²) in [4.78, 5) is 0. The lowest BCUT2D eigenvalue weighted by atomic mass is 9.70. The highest BCUT2D eigenvalue weighted by Crippen LogP contribution is 2.39. The van der Waals surface area contributed by atoms with Crippen LogP contribution in [0.5, 0.6) is 0 Å². The number of rotatable bonds is 8. The third kappa shape index (κ3) is 7.34. The van der Waals surface area contributed by atoms with Gasteiger partial charge in [0.15, 0.2) is 0 Å². The number of hydrogen-bond donors (Lipinski definition) is 0. The van der Waals surface area contributed by atoms with Gasteiger partial charge in [-0.05, 0) is 49.4 Å². The Kier molecular flexibility index (Phi) is 7.14. The van der Waals surface area contributed by atoms with Gasteiger partial charge in [-0.2, -0.15) is 0 Å². The molecule has 0 nitrogen and oxygen atoms in total. The topological polar surface area (TPSA) is 0 Å². The van der Waals surface area contributed by atoms with Crippen molar-refractivity contribution in [1.82, 2.24) is 0 Å². The molecule has 0 saturated heterocycles. The molecule has 0 rings (SSSR count). The van der Waals surface area contributed by atoms with Crippen molar-refractivity contribution in [2.24, 2.45) is 16.7 Å². The minimum atomic E-state index is 0.317. The molecule has 0 aliphatic carbocycles. The van der Waals surface area contributed by atoms with E-state index in [-0.39, 0.29) is 0 Å². The number of alkyl halides is 1. The molecule has 0 saturated carbocycles. The summed E-state index contributed by atoms with van der Waals surface area (Å²) in [5.74, 6) is 0.810. The Morgan fingerprint density at radius 2 is 1.47 bits per heavy atom. The first-order chi connectivity index (χ1) is 7.60. The van der Waals surface area contributed by atoms with E-state index in [0.29, 0.717) is 16.2 Å². The van der Waals surface area contributed by atoms with E-state index in [1.54, 1.807) is 0 Å². The first-order valence-corrected chi connectivity index (χ1v) is 7.68. The van der Waals surface area contributed by atoms with E-state index in [0.717, 1.165) is 12.3 Å². The first kappa shape index (κ1) is 17.3. The molecule has 2 unspecified atom stereocenters. The van der Waals surface area contributed by atoms with E-state index in [1.807, 2.05) is 0 Å². The predicted octanol–water partition coefficient (Wildman–Crippen LogP) is 6.27. The van der Waals surface area contributed by atoms with Crippen molar-refractivity contribution in [3.8, 4) is 0 Å². The number of halogens is 1. The monoisotopic (exact) mass is 260 g/mol. The lowest BCUT2D eigenvalue weighted by Crippen LogP contribution is -2.24. The smallest absolute Gasteiger partial charge is 0.0308 e. The summed E-state index contributed by atoms with van der Waals surface area (Å²) in [5.41, 5.74) is 0.909. The summed E-state index contributed by atoms with van der Waals surface area (Å²) >= 11 is 6.05. The standard InChI is InChI=1S/C16H33Cl/c1-8-13(2)16(6,7)12-11-15(4,5)10-9-14(3)17/h13-14H,8-12H2,1-7H3. The Bertz CT molecular complexity index is 204. The molecule has 0 amide bonds. The zero-order chi connectivity index (χ0) is 13.7. The van der Waals surface area contributed by atoms with Gasteiger partial charge in [0.05, 0.1) is 0 Å². The molecule has 0 spiro atoms. The SMILES string of the molecule is CCC(C)C(C)(C)CCC(C)(C)CCC(C)Cl. The summed E-state index contributed by atoms with van der Waals surface area (Å²) in [6.07, 6.45) is 6.30. The van der Waals surface area contributed by atoms with Crippen molar-refractivity contribution >= 4 is 11.6 Å². The molecule has 0 N–H and O–H groups in total. The van der Waals surface area contributed by atoms with Crippen LogP contribution in [0.2, 0.25) is 0 Å². The highest BCUT2D eigenvalue weighted by Gasteiger charge is 2.28. The summed E-state index contributed by atoms with van der Waals surface area (Å²) in [6.45, 7) is 16.4. The third-order valence-electron chi connectivity index (χ3n) is 4.61. The van der Waals surface area contributed by atoms with Gasteiger partial charge in [0.1, 0.15) is 0 Å². The maximum Gasteiger partial charge on any atom is 0.0308 e. The van der Waals surface area contributed by atoms with E-state index in [9.17, 15) is 0 Å². The fraction of sp³-hybridized carbons (Fsp3) is 1.00. The van der Waals surface area contributed by atoms with Crippen LogP contribution in [0, 0.1) is 16.7 Å². The minimum absolute atomic E-state index is 0.317. The maximum absolute atomic E-state index is 6.05. The molecule has 2 atom stereocenters. The molecule has 0 aromatic carbocycles. The fourth-order valence-electron chi connectivity index (χ4n) is 2.17. The second-order valence-electron chi connectivity index (χ2n) is 7.28. The van der Waals surface area contributed by atoms with E-state index in [1.165, 1.54) is 25.7 Å². The molecule has 0 radical (unpaired) electrons. The summed E-state index contributed by atoms with van der Waals surface area (Å²) in [5, 5.41) is 0.317. The molecular formula is C16H33Cl. The van der Waals surface area contributed by atoms with Crippen LogP contribution in [-0.4, -0.2) is 5.38 Å². The average Bonchev–Trinajstić information content (AvgIpc) is 2.23. The lowest BCUT2D eigenvalue weighted by Gasteiger charge is -2.35. The van der Waals surface area contributed by atoms with Crippen LogP contribution in [0.1, 0.15) is 80.6 Å². The molecule has 0 aromatic heterocycles. The second-order valence-corrected chi connectivity index (χ2v) is 8.03.